The highest BCUT2D eigenvalue weighted by Crippen LogP contribution is 2.13. The summed E-state index contributed by atoms with van der Waals surface area (Å²) in [5.74, 6) is -0.0313. The number of amides is 1. The Morgan fingerprint density at radius 3 is 2.54 bits per heavy atom. The highest BCUT2D eigenvalue weighted by molar-refractivity contribution is 7.89. The number of morpholine rings is 1. The largest absolute Gasteiger partial charge is 0.378 e. The number of hydrogen-bond donors (Lipinski definition) is 1. The molecular weight excluding hydrogens is 334 g/mol. The van der Waals surface area contributed by atoms with E-state index >= 15 is 0 Å². The number of nitrogens with zero attached hydrogens (tertiary/aromatic N) is 2. The predicted octanol–water partition coefficient (Wildman–Crippen LogP) is -0.738. The Balaban J connectivity index is 1.83. The molecule has 2 heterocycles. The normalized spacial score (nSPS) is 26.8. The van der Waals surface area contributed by atoms with Crippen LogP contribution < -0.4 is 5.32 Å². The summed E-state index contributed by atoms with van der Waals surface area (Å²) in [6, 6.07) is -0.346. The monoisotopic (exact) mass is 363 g/mol. The van der Waals surface area contributed by atoms with Crippen LogP contribution in [0.4, 0.5) is 0 Å². The number of rotatable bonds is 6. The van der Waals surface area contributed by atoms with E-state index in [0.717, 1.165) is 0 Å². The van der Waals surface area contributed by atoms with E-state index in [2.05, 4.69) is 5.32 Å². The molecule has 1 N–H and O–H groups in total. The first kappa shape index (κ1) is 19.6. The first-order valence-corrected chi connectivity index (χ1v) is 10.2. The molecule has 140 valence electrons. The zero-order chi connectivity index (χ0) is 17.7. The molecule has 2 atom stereocenters. The van der Waals surface area contributed by atoms with Gasteiger partial charge in [0, 0.05) is 32.7 Å². The Hall–Kier alpha value is -0.740. The van der Waals surface area contributed by atoms with Gasteiger partial charge in [0.25, 0.3) is 0 Å². The molecule has 0 bridgehead atoms. The Morgan fingerprint density at radius 1 is 1.29 bits per heavy atom. The molecule has 2 aliphatic heterocycles. The molecule has 2 rings (SSSR count). The number of carbonyl (C=O) groups excluding carboxylic acids is 1. The summed E-state index contributed by atoms with van der Waals surface area (Å²) in [5.41, 5.74) is 0. The van der Waals surface area contributed by atoms with Crippen LogP contribution in [0.3, 0.4) is 0 Å². The molecule has 0 saturated carbocycles. The lowest BCUT2D eigenvalue weighted by Gasteiger charge is -2.38. The third-order valence-corrected chi connectivity index (χ3v) is 6.15. The van der Waals surface area contributed by atoms with Gasteiger partial charge in [0.2, 0.25) is 15.9 Å². The van der Waals surface area contributed by atoms with Gasteiger partial charge in [0.05, 0.1) is 31.2 Å². The summed E-state index contributed by atoms with van der Waals surface area (Å²) >= 11 is 0. The van der Waals surface area contributed by atoms with Crippen LogP contribution in [0.1, 0.15) is 20.8 Å². The minimum Gasteiger partial charge on any atom is -0.378 e. The van der Waals surface area contributed by atoms with Gasteiger partial charge in [0.1, 0.15) is 6.04 Å². The third-order valence-electron chi connectivity index (χ3n) is 4.32. The van der Waals surface area contributed by atoms with Gasteiger partial charge >= 0.3 is 0 Å². The van der Waals surface area contributed by atoms with Crippen LogP contribution in [0.2, 0.25) is 0 Å². The molecule has 0 aliphatic carbocycles. The summed E-state index contributed by atoms with van der Waals surface area (Å²) < 4.78 is 36.9. The Morgan fingerprint density at radius 2 is 1.96 bits per heavy atom. The van der Waals surface area contributed by atoms with Crippen LogP contribution in [-0.4, -0.2) is 93.5 Å². The highest BCUT2D eigenvalue weighted by atomic mass is 32.2. The van der Waals surface area contributed by atoms with E-state index in [0.29, 0.717) is 39.3 Å². The molecule has 8 nitrogen and oxygen atoms in total. The average Bonchev–Trinajstić information content (AvgIpc) is 2.54. The molecule has 0 aromatic heterocycles. The first-order chi connectivity index (χ1) is 11.3. The Kier molecular flexibility index (Phi) is 6.99. The lowest BCUT2D eigenvalue weighted by molar-refractivity contribution is -0.140. The van der Waals surface area contributed by atoms with Crippen LogP contribution in [0.15, 0.2) is 0 Å². The van der Waals surface area contributed by atoms with Gasteiger partial charge < -0.3 is 19.7 Å². The van der Waals surface area contributed by atoms with Crippen molar-refractivity contribution in [3.63, 3.8) is 0 Å². The van der Waals surface area contributed by atoms with Crippen LogP contribution in [0, 0.1) is 0 Å². The topological polar surface area (TPSA) is 88.2 Å². The van der Waals surface area contributed by atoms with Crippen molar-refractivity contribution in [2.75, 3.05) is 51.7 Å². The molecule has 2 aliphatic rings. The number of piperazine rings is 1. The Bertz CT molecular complexity index is 517. The second kappa shape index (κ2) is 8.57. The van der Waals surface area contributed by atoms with E-state index in [1.165, 1.54) is 4.31 Å². The number of sulfonamides is 1. The molecule has 9 heteroatoms. The van der Waals surface area contributed by atoms with Crippen LogP contribution in [0.25, 0.3) is 0 Å². The minimum absolute atomic E-state index is 0.0117. The molecule has 2 saturated heterocycles. The second-order valence-corrected chi connectivity index (χ2v) is 8.56. The fourth-order valence-electron chi connectivity index (χ4n) is 2.91. The van der Waals surface area contributed by atoms with Crippen molar-refractivity contribution in [3.05, 3.63) is 0 Å². The van der Waals surface area contributed by atoms with Gasteiger partial charge in [-0.2, -0.15) is 4.31 Å². The summed E-state index contributed by atoms with van der Waals surface area (Å²) in [6.45, 7) is 8.57. The average molecular weight is 363 g/mol. The SMILES string of the molecule is CC(C)OCCS(=O)(=O)N1CCN(C(=O)[C@H]2NCCO[C@@H]2C)CC1. The van der Waals surface area contributed by atoms with Crippen molar-refractivity contribution < 1.29 is 22.7 Å². The van der Waals surface area contributed by atoms with Gasteiger partial charge in [-0.1, -0.05) is 0 Å². The minimum atomic E-state index is -3.33. The van der Waals surface area contributed by atoms with Crippen LogP contribution in [-0.2, 0) is 24.3 Å². The molecule has 0 unspecified atom stereocenters. The maximum atomic E-state index is 12.6. The highest BCUT2D eigenvalue weighted by Gasteiger charge is 2.35. The lowest BCUT2D eigenvalue weighted by Crippen LogP contribution is -2.60. The van der Waals surface area contributed by atoms with Gasteiger partial charge in [-0.15, -0.1) is 0 Å². The summed E-state index contributed by atoms with van der Waals surface area (Å²) in [4.78, 5) is 14.3. The predicted molar refractivity (Wildman–Crippen MR) is 90.2 cm³/mol. The number of ether oxygens (including phenoxy) is 2. The van der Waals surface area contributed by atoms with Gasteiger partial charge in [0.15, 0.2) is 0 Å². The first-order valence-electron chi connectivity index (χ1n) is 8.54. The van der Waals surface area contributed by atoms with Crippen LogP contribution >= 0.6 is 0 Å². The van der Waals surface area contributed by atoms with Crippen molar-refractivity contribution in [1.82, 2.24) is 14.5 Å². The van der Waals surface area contributed by atoms with Gasteiger partial charge in [-0.3, -0.25) is 4.79 Å². The molecular formula is C15H29N3O5S. The van der Waals surface area contributed by atoms with Crippen molar-refractivity contribution in [2.24, 2.45) is 0 Å². The lowest BCUT2D eigenvalue weighted by atomic mass is 10.1. The number of nitrogens with one attached hydrogen (secondary N) is 1. The summed E-state index contributed by atoms with van der Waals surface area (Å²) in [7, 11) is -3.33. The fraction of sp³-hybridized carbons (Fsp3) is 0.933. The molecule has 0 spiro atoms. The van der Waals surface area contributed by atoms with Crippen LogP contribution in [0.5, 0.6) is 0 Å². The van der Waals surface area contributed by atoms with Crippen molar-refractivity contribution >= 4 is 15.9 Å². The second-order valence-electron chi connectivity index (χ2n) is 6.47. The Labute approximate surface area is 144 Å². The van der Waals surface area contributed by atoms with E-state index in [9.17, 15) is 13.2 Å². The summed E-state index contributed by atoms with van der Waals surface area (Å²) in [5, 5.41) is 3.18. The van der Waals surface area contributed by atoms with E-state index in [4.69, 9.17) is 9.47 Å². The summed E-state index contributed by atoms with van der Waals surface area (Å²) in [6.07, 6.45) is -0.150. The molecule has 0 radical (unpaired) electrons. The van der Waals surface area contributed by atoms with E-state index < -0.39 is 10.0 Å². The van der Waals surface area contributed by atoms with E-state index in [1.54, 1.807) is 4.90 Å². The third kappa shape index (κ3) is 5.13. The zero-order valence-electron chi connectivity index (χ0n) is 14.7. The number of hydrogen-bond acceptors (Lipinski definition) is 6. The molecule has 24 heavy (non-hydrogen) atoms. The molecule has 1 amide bonds. The van der Waals surface area contributed by atoms with Crippen molar-refractivity contribution in [3.8, 4) is 0 Å². The van der Waals surface area contributed by atoms with Gasteiger partial charge in [-0.25, -0.2) is 8.42 Å². The number of carbonyl (C=O) groups is 1. The maximum absolute atomic E-state index is 12.6. The molecule has 0 aromatic carbocycles. The van der Waals surface area contributed by atoms with Gasteiger partial charge in [-0.05, 0) is 20.8 Å². The maximum Gasteiger partial charge on any atom is 0.242 e. The van der Waals surface area contributed by atoms with E-state index in [1.807, 2.05) is 20.8 Å². The smallest absolute Gasteiger partial charge is 0.242 e. The molecule has 2 fully saturated rings. The van der Waals surface area contributed by atoms with E-state index in [-0.39, 0.29) is 36.5 Å². The standard InChI is InChI=1S/C15H29N3O5S/c1-12(2)22-10-11-24(20,21)18-7-5-17(6-8-18)15(19)14-13(3)23-9-4-16-14/h12-14,16H,4-11H2,1-3H3/t13-,14+/m1/s1. The zero-order valence-corrected chi connectivity index (χ0v) is 15.5. The molecule has 0 aromatic rings. The quantitative estimate of drug-likeness (QED) is 0.669. The van der Waals surface area contributed by atoms with Crippen molar-refractivity contribution in [1.29, 1.82) is 0 Å². The fourth-order valence-corrected chi connectivity index (χ4v) is 4.20. The van der Waals surface area contributed by atoms with Crippen molar-refractivity contribution in [2.45, 2.75) is 39.0 Å².